The largest absolute Gasteiger partial charge is 0.508 e. The number of fused-ring (bicyclic) bond motifs is 1. The predicted octanol–water partition coefficient (Wildman–Crippen LogP) is 3.49. The minimum absolute atomic E-state index is 0.0747. The molecule has 0 spiro atoms. The Morgan fingerprint density at radius 3 is 2.81 bits per heavy atom. The summed E-state index contributed by atoms with van der Waals surface area (Å²) < 4.78 is 5.50. The van der Waals surface area contributed by atoms with Crippen LogP contribution in [0.4, 0.5) is 0 Å². The number of phenols is 1. The van der Waals surface area contributed by atoms with E-state index < -0.39 is 0 Å². The quantitative estimate of drug-likeness (QED) is 0.749. The van der Waals surface area contributed by atoms with Gasteiger partial charge in [-0.05, 0) is 37.7 Å². The van der Waals surface area contributed by atoms with Gasteiger partial charge in [-0.25, -0.2) is 0 Å². The molecule has 4 nitrogen and oxygen atoms in total. The standard InChI is InChI=1S/C16H15NO3S/c1-17(2)8-10-12(18)5-6-13-15(10)11(9-20-13)16(19)14-4-3-7-21-14/h3-7,9,18H,8H2,1-2H3. The number of nitrogens with zero attached hydrogens (tertiary/aromatic N) is 1. The number of carbonyl (C=O) groups is 1. The first-order chi connectivity index (χ1) is 10.1. The van der Waals surface area contributed by atoms with E-state index in [0.717, 1.165) is 0 Å². The van der Waals surface area contributed by atoms with Gasteiger partial charge in [0, 0.05) is 17.5 Å². The topological polar surface area (TPSA) is 53.7 Å². The molecule has 0 radical (unpaired) electrons. The van der Waals surface area contributed by atoms with Gasteiger partial charge in [-0.15, -0.1) is 11.3 Å². The van der Waals surface area contributed by atoms with Gasteiger partial charge >= 0.3 is 0 Å². The molecule has 3 rings (SSSR count). The lowest BCUT2D eigenvalue weighted by Gasteiger charge is -2.12. The number of thiophene rings is 1. The van der Waals surface area contributed by atoms with Crippen molar-refractivity contribution < 1.29 is 14.3 Å². The van der Waals surface area contributed by atoms with Gasteiger partial charge in [-0.3, -0.25) is 4.79 Å². The second kappa shape index (κ2) is 5.35. The highest BCUT2D eigenvalue weighted by molar-refractivity contribution is 7.12. The van der Waals surface area contributed by atoms with Crippen LogP contribution in [0.2, 0.25) is 0 Å². The maximum atomic E-state index is 12.6. The van der Waals surface area contributed by atoms with Crippen LogP contribution >= 0.6 is 11.3 Å². The van der Waals surface area contributed by atoms with Gasteiger partial charge in [0.1, 0.15) is 17.6 Å². The summed E-state index contributed by atoms with van der Waals surface area (Å²) in [6.45, 7) is 0.535. The molecule has 0 unspecified atom stereocenters. The number of aromatic hydroxyl groups is 1. The zero-order valence-corrected chi connectivity index (χ0v) is 12.6. The monoisotopic (exact) mass is 301 g/mol. The Kier molecular flexibility index (Phi) is 3.53. The first-order valence-corrected chi connectivity index (χ1v) is 7.41. The third kappa shape index (κ3) is 2.46. The molecule has 0 saturated heterocycles. The van der Waals surface area contributed by atoms with Crippen molar-refractivity contribution in [2.45, 2.75) is 6.54 Å². The van der Waals surface area contributed by atoms with Crippen LogP contribution < -0.4 is 0 Å². The number of rotatable bonds is 4. The van der Waals surface area contributed by atoms with Crippen LogP contribution in [0.5, 0.6) is 5.75 Å². The number of ketones is 1. The fourth-order valence-electron chi connectivity index (χ4n) is 2.37. The van der Waals surface area contributed by atoms with Crippen molar-refractivity contribution in [3.05, 3.63) is 51.9 Å². The van der Waals surface area contributed by atoms with Crippen molar-refractivity contribution in [3.8, 4) is 5.75 Å². The minimum atomic E-state index is -0.0747. The lowest BCUT2D eigenvalue weighted by Crippen LogP contribution is -2.11. The highest BCUT2D eigenvalue weighted by Crippen LogP contribution is 2.33. The summed E-state index contributed by atoms with van der Waals surface area (Å²) in [6.07, 6.45) is 1.48. The van der Waals surface area contributed by atoms with E-state index in [2.05, 4.69) is 0 Å². The Bertz CT molecular complexity index is 787. The first-order valence-electron chi connectivity index (χ1n) is 6.53. The molecule has 0 fully saturated rings. The number of phenolic OH excluding ortho intramolecular Hbond substituents is 1. The van der Waals surface area contributed by atoms with Crippen LogP contribution in [0.15, 0.2) is 40.3 Å². The summed E-state index contributed by atoms with van der Waals surface area (Å²) in [5, 5.41) is 12.7. The van der Waals surface area contributed by atoms with E-state index in [9.17, 15) is 9.90 Å². The summed E-state index contributed by atoms with van der Waals surface area (Å²) >= 11 is 1.40. The highest BCUT2D eigenvalue weighted by Gasteiger charge is 2.21. The van der Waals surface area contributed by atoms with Gasteiger partial charge < -0.3 is 14.4 Å². The van der Waals surface area contributed by atoms with Crippen molar-refractivity contribution in [1.82, 2.24) is 4.90 Å². The molecule has 108 valence electrons. The van der Waals surface area contributed by atoms with E-state index in [1.165, 1.54) is 17.6 Å². The van der Waals surface area contributed by atoms with Gasteiger partial charge in [-0.2, -0.15) is 0 Å². The predicted molar refractivity (Wildman–Crippen MR) is 83.0 cm³/mol. The van der Waals surface area contributed by atoms with E-state index in [0.29, 0.717) is 33.5 Å². The minimum Gasteiger partial charge on any atom is -0.508 e. The lowest BCUT2D eigenvalue weighted by molar-refractivity contribution is 0.104. The lowest BCUT2D eigenvalue weighted by atomic mass is 10.0. The molecule has 2 heterocycles. The van der Waals surface area contributed by atoms with Crippen molar-refractivity contribution in [2.24, 2.45) is 0 Å². The average Bonchev–Trinajstić information content (AvgIpc) is 3.09. The molecule has 2 aromatic heterocycles. The molecule has 5 heteroatoms. The summed E-state index contributed by atoms with van der Waals surface area (Å²) in [5.74, 6) is 0.104. The third-order valence-corrected chi connectivity index (χ3v) is 4.16. The molecule has 0 aliphatic rings. The summed E-state index contributed by atoms with van der Waals surface area (Å²) in [7, 11) is 3.83. The Balaban J connectivity index is 2.20. The fraction of sp³-hybridized carbons (Fsp3) is 0.188. The molecule has 21 heavy (non-hydrogen) atoms. The Morgan fingerprint density at radius 1 is 1.33 bits per heavy atom. The molecule has 0 amide bonds. The van der Waals surface area contributed by atoms with Crippen molar-refractivity contribution in [2.75, 3.05) is 14.1 Å². The highest BCUT2D eigenvalue weighted by atomic mass is 32.1. The molecule has 1 aromatic carbocycles. The van der Waals surface area contributed by atoms with Crippen LogP contribution in [0, 0.1) is 0 Å². The SMILES string of the molecule is CN(C)Cc1c(O)ccc2occ(C(=O)c3cccs3)c12. The number of benzene rings is 1. The second-order valence-electron chi connectivity index (χ2n) is 5.13. The molecule has 0 bridgehead atoms. The maximum Gasteiger partial charge on any atom is 0.206 e. The van der Waals surface area contributed by atoms with Crippen molar-refractivity contribution in [1.29, 1.82) is 0 Å². The van der Waals surface area contributed by atoms with Gasteiger partial charge in [0.15, 0.2) is 0 Å². The number of hydrogen-bond donors (Lipinski definition) is 1. The van der Waals surface area contributed by atoms with Crippen LogP contribution in [0.25, 0.3) is 11.0 Å². The fourth-order valence-corrected chi connectivity index (χ4v) is 3.05. The first kappa shape index (κ1) is 13.9. The molecular weight excluding hydrogens is 286 g/mol. The molecule has 0 atom stereocenters. The van der Waals surface area contributed by atoms with E-state index in [-0.39, 0.29) is 11.5 Å². The summed E-state index contributed by atoms with van der Waals surface area (Å²) in [6, 6.07) is 6.93. The molecule has 1 N–H and O–H groups in total. The molecule has 0 aliphatic heterocycles. The molecular formula is C16H15NO3S. The smallest absolute Gasteiger partial charge is 0.206 e. The van der Waals surface area contributed by atoms with Crippen LogP contribution in [-0.2, 0) is 6.54 Å². The molecule has 3 aromatic rings. The van der Waals surface area contributed by atoms with Gasteiger partial charge in [0.05, 0.1) is 10.4 Å². The van der Waals surface area contributed by atoms with Crippen LogP contribution in [0.1, 0.15) is 20.8 Å². The van der Waals surface area contributed by atoms with Crippen molar-refractivity contribution in [3.63, 3.8) is 0 Å². The van der Waals surface area contributed by atoms with E-state index >= 15 is 0 Å². The van der Waals surface area contributed by atoms with E-state index in [1.54, 1.807) is 18.2 Å². The Hall–Kier alpha value is -2.11. The van der Waals surface area contributed by atoms with Crippen LogP contribution in [-0.4, -0.2) is 29.9 Å². The average molecular weight is 301 g/mol. The number of carbonyl (C=O) groups excluding carboxylic acids is 1. The number of furan rings is 1. The zero-order valence-electron chi connectivity index (χ0n) is 11.8. The van der Waals surface area contributed by atoms with Gasteiger partial charge in [0.25, 0.3) is 0 Å². The van der Waals surface area contributed by atoms with Crippen LogP contribution in [0.3, 0.4) is 0 Å². The zero-order chi connectivity index (χ0) is 15.0. The van der Waals surface area contributed by atoms with Gasteiger partial charge in [-0.1, -0.05) is 6.07 Å². The summed E-state index contributed by atoms with van der Waals surface area (Å²) in [4.78, 5) is 15.2. The maximum absolute atomic E-state index is 12.6. The van der Waals surface area contributed by atoms with E-state index in [1.807, 2.05) is 30.4 Å². The van der Waals surface area contributed by atoms with Gasteiger partial charge in [0.2, 0.25) is 5.78 Å². The Labute approximate surface area is 126 Å². The number of hydrogen-bond acceptors (Lipinski definition) is 5. The third-order valence-electron chi connectivity index (χ3n) is 3.29. The van der Waals surface area contributed by atoms with E-state index in [4.69, 9.17) is 4.42 Å². The second-order valence-corrected chi connectivity index (χ2v) is 6.08. The Morgan fingerprint density at radius 2 is 2.14 bits per heavy atom. The van der Waals surface area contributed by atoms with Crippen molar-refractivity contribution >= 4 is 28.1 Å². The summed E-state index contributed by atoms with van der Waals surface area (Å²) in [5.41, 5.74) is 1.83. The molecule has 0 aliphatic carbocycles. The molecule has 0 saturated carbocycles. The normalized spacial score (nSPS) is 11.4.